The molecule has 19 heavy (non-hydrogen) atoms. The Balaban J connectivity index is 2.15. The summed E-state index contributed by atoms with van der Waals surface area (Å²) in [6.07, 6.45) is 2.68. The summed E-state index contributed by atoms with van der Waals surface area (Å²) in [6, 6.07) is 5.48. The second-order valence-corrected chi connectivity index (χ2v) is 5.50. The third kappa shape index (κ3) is 1.82. The Labute approximate surface area is 112 Å². The minimum atomic E-state index is -0.726. The van der Waals surface area contributed by atoms with Crippen LogP contribution < -0.4 is 0 Å². The van der Waals surface area contributed by atoms with Gasteiger partial charge in [0.1, 0.15) is 5.75 Å². The van der Waals surface area contributed by atoms with Crippen LogP contribution in [0.3, 0.4) is 0 Å². The van der Waals surface area contributed by atoms with E-state index in [0.29, 0.717) is 31.8 Å². The van der Waals surface area contributed by atoms with Crippen molar-refractivity contribution in [3.8, 4) is 5.75 Å². The third-order valence-corrected chi connectivity index (χ3v) is 4.72. The van der Waals surface area contributed by atoms with Crippen molar-refractivity contribution in [3.63, 3.8) is 0 Å². The van der Waals surface area contributed by atoms with Gasteiger partial charge in [-0.05, 0) is 42.9 Å². The lowest BCUT2D eigenvalue weighted by molar-refractivity contribution is -0.147. The lowest BCUT2D eigenvalue weighted by Crippen LogP contribution is -2.47. The predicted octanol–water partition coefficient (Wildman–Crippen LogP) is 2.09. The molecule has 1 spiro atoms. The van der Waals surface area contributed by atoms with Crippen LogP contribution in [0.5, 0.6) is 5.75 Å². The maximum atomic E-state index is 11.6. The normalized spacial score (nSPS) is 24.9. The van der Waals surface area contributed by atoms with Crippen molar-refractivity contribution in [2.24, 2.45) is 5.92 Å². The number of phenols is 1. The third-order valence-electron chi connectivity index (χ3n) is 4.72. The molecule has 0 amide bonds. The van der Waals surface area contributed by atoms with Gasteiger partial charge in [-0.25, -0.2) is 0 Å². The van der Waals surface area contributed by atoms with Crippen LogP contribution in [0, 0.1) is 5.92 Å². The van der Waals surface area contributed by atoms with Gasteiger partial charge >= 0.3 is 5.97 Å². The van der Waals surface area contributed by atoms with Crippen molar-refractivity contribution in [1.82, 2.24) is 0 Å². The molecule has 0 aromatic heterocycles. The first-order chi connectivity index (χ1) is 9.15. The molecule has 1 unspecified atom stereocenters. The highest BCUT2D eigenvalue weighted by molar-refractivity contribution is 5.74. The van der Waals surface area contributed by atoms with Gasteiger partial charge in [-0.3, -0.25) is 4.79 Å². The average Bonchev–Trinajstić information content (AvgIpc) is 2.41. The Kier molecular flexibility index (Phi) is 2.97. The number of hydrogen-bond acceptors (Lipinski definition) is 3. The van der Waals surface area contributed by atoms with Gasteiger partial charge in [-0.15, -0.1) is 0 Å². The number of carbonyl (C=O) groups is 1. The number of benzene rings is 1. The van der Waals surface area contributed by atoms with Gasteiger partial charge in [0.2, 0.25) is 0 Å². The van der Waals surface area contributed by atoms with Crippen LogP contribution in [-0.4, -0.2) is 29.4 Å². The number of carboxylic acids is 1. The SMILES string of the molecule is O=C(O)C1CCc2c(O)cccc2C12CCOCC2. The summed E-state index contributed by atoms with van der Waals surface area (Å²) in [5.41, 5.74) is 1.59. The number of rotatable bonds is 1. The summed E-state index contributed by atoms with van der Waals surface area (Å²) in [7, 11) is 0. The number of ether oxygens (including phenoxy) is 1. The Morgan fingerprint density at radius 2 is 2.05 bits per heavy atom. The molecule has 0 bridgehead atoms. The van der Waals surface area contributed by atoms with Crippen molar-refractivity contribution < 1.29 is 19.7 Å². The second-order valence-electron chi connectivity index (χ2n) is 5.50. The Morgan fingerprint density at radius 3 is 2.74 bits per heavy atom. The monoisotopic (exact) mass is 262 g/mol. The van der Waals surface area contributed by atoms with Gasteiger partial charge in [-0.1, -0.05) is 12.1 Å². The number of fused-ring (bicyclic) bond motifs is 2. The molecule has 4 nitrogen and oxygen atoms in total. The molecule has 1 saturated heterocycles. The molecule has 3 rings (SSSR count). The lowest BCUT2D eigenvalue weighted by Gasteiger charge is -2.46. The molecule has 1 aliphatic carbocycles. The first kappa shape index (κ1) is 12.5. The number of hydrogen-bond donors (Lipinski definition) is 2. The highest BCUT2D eigenvalue weighted by atomic mass is 16.5. The smallest absolute Gasteiger partial charge is 0.307 e. The van der Waals surface area contributed by atoms with Crippen molar-refractivity contribution >= 4 is 5.97 Å². The fraction of sp³-hybridized carbons (Fsp3) is 0.533. The molecule has 1 heterocycles. The van der Waals surface area contributed by atoms with Gasteiger partial charge < -0.3 is 14.9 Å². The minimum Gasteiger partial charge on any atom is -0.508 e. The zero-order valence-electron chi connectivity index (χ0n) is 10.8. The number of aliphatic carboxylic acids is 1. The summed E-state index contributed by atoms with van der Waals surface area (Å²) >= 11 is 0. The first-order valence-corrected chi connectivity index (χ1v) is 6.77. The fourth-order valence-electron chi connectivity index (χ4n) is 3.77. The van der Waals surface area contributed by atoms with E-state index in [9.17, 15) is 15.0 Å². The molecule has 0 saturated carbocycles. The van der Waals surface area contributed by atoms with Crippen molar-refractivity contribution in [1.29, 1.82) is 0 Å². The molecule has 1 aromatic carbocycles. The van der Waals surface area contributed by atoms with Crippen LogP contribution in [0.15, 0.2) is 18.2 Å². The molecule has 2 aliphatic rings. The maximum Gasteiger partial charge on any atom is 0.307 e. The largest absolute Gasteiger partial charge is 0.508 e. The van der Waals surface area contributed by atoms with E-state index in [1.54, 1.807) is 6.07 Å². The van der Waals surface area contributed by atoms with Gasteiger partial charge in [0.15, 0.2) is 0 Å². The van der Waals surface area contributed by atoms with Crippen LogP contribution in [0.1, 0.15) is 30.4 Å². The molecule has 1 aliphatic heterocycles. The van der Waals surface area contributed by atoms with Gasteiger partial charge in [-0.2, -0.15) is 0 Å². The molecule has 1 atom stereocenters. The highest BCUT2D eigenvalue weighted by Gasteiger charge is 2.49. The van der Waals surface area contributed by atoms with Crippen LogP contribution in [0.2, 0.25) is 0 Å². The van der Waals surface area contributed by atoms with Gasteiger partial charge in [0.25, 0.3) is 0 Å². The standard InChI is InChI=1S/C15H18O4/c16-13-3-1-2-11-10(13)4-5-12(14(17)18)15(11)6-8-19-9-7-15/h1-3,12,16H,4-9H2,(H,17,18). The van der Waals surface area contributed by atoms with E-state index in [2.05, 4.69) is 0 Å². The van der Waals surface area contributed by atoms with Crippen molar-refractivity contribution in [2.75, 3.05) is 13.2 Å². The first-order valence-electron chi connectivity index (χ1n) is 6.77. The molecule has 102 valence electrons. The predicted molar refractivity (Wildman–Crippen MR) is 69.3 cm³/mol. The molecular formula is C15H18O4. The molecule has 1 fully saturated rings. The maximum absolute atomic E-state index is 11.6. The molecule has 4 heteroatoms. The summed E-state index contributed by atoms with van der Waals surface area (Å²) in [4.78, 5) is 11.6. The van der Waals surface area contributed by atoms with E-state index in [4.69, 9.17) is 4.74 Å². The van der Waals surface area contributed by atoms with E-state index in [0.717, 1.165) is 24.0 Å². The van der Waals surface area contributed by atoms with Crippen LogP contribution in [-0.2, 0) is 21.4 Å². The minimum absolute atomic E-state index is 0.298. The van der Waals surface area contributed by atoms with Crippen LogP contribution in [0.4, 0.5) is 0 Å². The fourth-order valence-corrected chi connectivity index (χ4v) is 3.77. The van der Waals surface area contributed by atoms with Crippen LogP contribution >= 0.6 is 0 Å². The Hall–Kier alpha value is -1.55. The summed E-state index contributed by atoms with van der Waals surface area (Å²) in [5, 5.41) is 19.6. The second kappa shape index (κ2) is 4.53. The molecular weight excluding hydrogens is 244 g/mol. The quantitative estimate of drug-likeness (QED) is 0.813. The van der Waals surface area contributed by atoms with E-state index < -0.39 is 5.97 Å². The van der Waals surface area contributed by atoms with E-state index in [1.807, 2.05) is 12.1 Å². The Bertz CT molecular complexity index is 503. The summed E-state index contributed by atoms with van der Waals surface area (Å²) in [6.45, 7) is 1.19. The zero-order valence-corrected chi connectivity index (χ0v) is 10.8. The van der Waals surface area contributed by atoms with Crippen LogP contribution in [0.25, 0.3) is 0 Å². The Morgan fingerprint density at radius 1 is 1.32 bits per heavy atom. The molecule has 1 aromatic rings. The van der Waals surface area contributed by atoms with Gasteiger partial charge in [0.05, 0.1) is 5.92 Å². The lowest BCUT2D eigenvalue weighted by atomic mass is 9.59. The summed E-state index contributed by atoms with van der Waals surface area (Å²) < 4.78 is 5.41. The topological polar surface area (TPSA) is 66.8 Å². The summed E-state index contributed by atoms with van der Waals surface area (Å²) in [5.74, 6) is -0.797. The highest BCUT2D eigenvalue weighted by Crippen LogP contribution is 2.49. The van der Waals surface area contributed by atoms with Crippen molar-refractivity contribution in [3.05, 3.63) is 29.3 Å². The van der Waals surface area contributed by atoms with Crippen molar-refractivity contribution in [2.45, 2.75) is 31.1 Å². The van der Waals surface area contributed by atoms with E-state index >= 15 is 0 Å². The number of carboxylic acid groups (broad SMARTS) is 1. The van der Waals surface area contributed by atoms with Gasteiger partial charge in [0, 0.05) is 18.6 Å². The van der Waals surface area contributed by atoms with E-state index in [-0.39, 0.29) is 11.3 Å². The number of aromatic hydroxyl groups is 1. The number of phenolic OH excluding ortho intramolecular Hbond substituents is 1. The molecule has 2 N–H and O–H groups in total. The average molecular weight is 262 g/mol. The molecule has 0 radical (unpaired) electrons. The van der Waals surface area contributed by atoms with E-state index in [1.165, 1.54) is 0 Å². The zero-order chi connectivity index (χ0) is 13.5.